The van der Waals surface area contributed by atoms with Gasteiger partial charge in [0.05, 0.1) is 17.6 Å². The van der Waals surface area contributed by atoms with Crippen LogP contribution in [0.5, 0.6) is 0 Å². The van der Waals surface area contributed by atoms with Crippen LogP contribution in [0.1, 0.15) is 10.4 Å². The van der Waals surface area contributed by atoms with Crippen LogP contribution in [0.15, 0.2) is 48.8 Å². The normalized spacial score (nSPS) is 10.3. The number of nitro groups is 1. The summed E-state index contributed by atoms with van der Waals surface area (Å²) in [5.74, 6) is -3.05. The van der Waals surface area contributed by atoms with Crippen LogP contribution in [-0.4, -0.2) is 28.0 Å². The molecule has 0 aliphatic rings. The van der Waals surface area contributed by atoms with Gasteiger partial charge in [0.15, 0.2) is 11.6 Å². The van der Waals surface area contributed by atoms with E-state index in [4.69, 9.17) is 0 Å². The number of benzene rings is 2. The van der Waals surface area contributed by atoms with Crippen LogP contribution in [0, 0.1) is 21.7 Å². The third kappa shape index (κ3) is 4.40. The Bertz CT molecular complexity index is 1080. The summed E-state index contributed by atoms with van der Waals surface area (Å²) in [4.78, 5) is 30.0. The zero-order chi connectivity index (χ0) is 21.0. The third-order valence-corrected chi connectivity index (χ3v) is 3.76. The highest BCUT2D eigenvalue weighted by Gasteiger charge is 2.23. The summed E-state index contributed by atoms with van der Waals surface area (Å²) in [5, 5.41) is 16.9. The highest BCUT2D eigenvalue weighted by Crippen LogP contribution is 2.33. The quantitative estimate of drug-likeness (QED) is 0.362. The number of hydrogen-bond donors (Lipinski definition) is 2. The average Bonchev–Trinajstić information content (AvgIpc) is 2.70. The monoisotopic (exact) mass is 401 g/mol. The number of nitrogens with zero attached hydrogens (tertiary/aromatic N) is 3. The number of anilines is 4. The molecule has 0 amide bonds. The predicted molar refractivity (Wildman–Crippen MR) is 99.4 cm³/mol. The van der Waals surface area contributed by atoms with Crippen molar-refractivity contribution in [1.29, 1.82) is 0 Å². The Hall–Kier alpha value is -4.15. The molecular weight excluding hydrogens is 388 g/mol. The number of ether oxygens (including phenoxy) is 1. The van der Waals surface area contributed by atoms with Gasteiger partial charge in [-0.05, 0) is 36.4 Å². The molecule has 3 rings (SSSR count). The van der Waals surface area contributed by atoms with E-state index in [1.165, 1.54) is 37.4 Å². The van der Waals surface area contributed by atoms with E-state index in [9.17, 15) is 23.7 Å². The van der Waals surface area contributed by atoms with E-state index in [1.54, 1.807) is 0 Å². The summed E-state index contributed by atoms with van der Waals surface area (Å²) in [6.45, 7) is 0. The second kappa shape index (κ2) is 8.25. The Morgan fingerprint density at radius 1 is 1.00 bits per heavy atom. The lowest BCUT2D eigenvalue weighted by molar-refractivity contribution is -0.383. The lowest BCUT2D eigenvalue weighted by Gasteiger charge is -2.10. The third-order valence-electron chi connectivity index (χ3n) is 3.76. The van der Waals surface area contributed by atoms with Gasteiger partial charge in [-0.2, -0.15) is 0 Å². The smallest absolute Gasteiger partial charge is 0.353 e. The highest BCUT2D eigenvalue weighted by atomic mass is 19.2. The van der Waals surface area contributed by atoms with Crippen molar-refractivity contribution >= 4 is 34.7 Å². The lowest BCUT2D eigenvalue weighted by atomic mass is 10.2. The summed E-state index contributed by atoms with van der Waals surface area (Å²) in [7, 11) is 1.25. The van der Waals surface area contributed by atoms with Crippen molar-refractivity contribution < 1.29 is 23.2 Å². The number of hydrogen-bond acceptors (Lipinski definition) is 8. The second-order valence-corrected chi connectivity index (χ2v) is 5.62. The van der Waals surface area contributed by atoms with Gasteiger partial charge < -0.3 is 15.4 Å². The molecule has 0 aliphatic heterocycles. The van der Waals surface area contributed by atoms with Crippen LogP contribution >= 0.6 is 0 Å². The first-order chi connectivity index (χ1) is 13.9. The zero-order valence-electron chi connectivity index (χ0n) is 14.8. The molecule has 1 heterocycles. The molecule has 0 spiro atoms. The van der Waals surface area contributed by atoms with Gasteiger partial charge in [0, 0.05) is 17.4 Å². The van der Waals surface area contributed by atoms with Gasteiger partial charge in [0.25, 0.3) is 0 Å². The van der Waals surface area contributed by atoms with Gasteiger partial charge in [-0.3, -0.25) is 10.1 Å². The largest absolute Gasteiger partial charge is 0.465 e. The Balaban J connectivity index is 1.91. The van der Waals surface area contributed by atoms with Gasteiger partial charge in [0.2, 0.25) is 11.6 Å². The van der Waals surface area contributed by atoms with Gasteiger partial charge in [-0.25, -0.2) is 23.5 Å². The Kier molecular flexibility index (Phi) is 5.58. The van der Waals surface area contributed by atoms with Crippen molar-refractivity contribution in [2.24, 2.45) is 0 Å². The molecule has 2 N–H and O–H groups in total. The van der Waals surface area contributed by atoms with E-state index in [-0.39, 0.29) is 17.3 Å². The molecule has 0 saturated carbocycles. The summed E-state index contributed by atoms with van der Waals surface area (Å²) in [5.41, 5.74) is 0.280. The van der Waals surface area contributed by atoms with Crippen molar-refractivity contribution in [1.82, 2.24) is 9.97 Å². The fraction of sp³-hybridized carbons (Fsp3) is 0.0556. The second-order valence-electron chi connectivity index (χ2n) is 5.62. The van der Waals surface area contributed by atoms with Crippen LogP contribution in [0.4, 0.5) is 37.5 Å². The first-order valence-corrected chi connectivity index (χ1v) is 8.06. The van der Waals surface area contributed by atoms with E-state index in [0.717, 1.165) is 18.5 Å². The molecule has 3 aromatic rings. The molecule has 2 aromatic carbocycles. The van der Waals surface area contributed by atoms with E-state index >= 15 is 0 Å². The molecule has 1 aromatic heterocycles. The minimum Gasteiger partial charge on any atom is -0.465 e. The van der Waals surface area contributed by atoms with E-state index in [0.29, 0.717) is 11.3 Å². The summed E-state index contributed by atoms with van der Waals surface area (Å²) < 4.78 is 31.1. The molecule has 0 saturated heterocycles. The molecule has 0 bridgehead atoms. The maximum atomic E-state index is 13.4. The minimum atomic E-state index is -1.12. The van der Waals surface area contributed by atoms with Crippen molar-refractivity contribution in [3.8, 4) is 0 Å². The van der Waals surface area contributed by atoms with Crippen molar-refractivity contribution in [2.75, 3.05) is 17.7 Å². The van der Waals surface area contributed by atoms with Crippen molar-refractivity contribution in [3.63, 3.8) is 0 Å². The fourth-order valence-corrected chi connectivity index (χ4v) is 2.39. The molecule has 11 heteroatoms. The van der Waals surface area contributed by atoms with E-state index < -0.39 is 28.2 Å². The Morgan fingerprint density at radius 3 is 2.14 bits per heavy atom. The standard InChI is InChI=1S/C18H13F2N5O4/c1-29-18(26)10-2-4-11(5-3-10)23-16-15(25(27)28)17(22-9-21-16)24-12-6-7-13(19)14(20)8-12/h2-9H,1H3,(H2,21,22,23,24). The van der Waals surface area contributed by atoms with E-state index in [1.807, 2.05) is 0 Å². The zero-order valence-corrected chi connectivity index (χ0v) is 14.8. The van der Waals surface area contributed by atoms with Crippen molar-refractivity contribution in [2.45, 2.75) is 0 Å². The SMILES string of the molecule is COC(=O)c1ccc(Nc2ncnc(Nc3ccc(F)c(F)c3)c2[N+](=O)[O-])cc1. The molecule has 9 nitrogen and oxygen atoms in total. The summed E-state index contributed by atoms with van der Waals surface area (Å²) in [6.07, 6.45) is 1.07. The molecule has 0 fully saturated rings. The highest BCUT2D eigenvalue weighted by molar-refractivity contribution is 5.90. The predicted octanol–water partition coefficient (Wildman–Crippen LogP) is 3.94. The van der Waals surface area contributed by atoms with Gasteiger partial charge in [-0.1, -0.05) is 0 Å². The lowest BCUT2D eigenvalue weighted by Crippen LogP contribution is -2.06. The number of carbonyl (C=O) groups excluding carboxylic acids is 1. The molecule has 0 atom stereocenters. The van der Waals surface area contributed by atoms with Gasteiger partial charge >= 0.3 is 11.7 Å². The van der Waals surface area contributed by atoms with Gasteiger partial charge in [0.1, 0.15) is 6.33 Å². The van der Waals surface area contributed by atoms with Crippen LogP contribution in [0.2, 0.25) is 0 Å². The van der Waals surface area contributed by atoms with Crippen LogP contribution in [0.3, 0.4) is 0 Å². The maximum absolute atomic E-state index is 13.4. The number of methoxy groups -OCH3 is 1. The molecular formula is C18H13F2N5O4. The maximum Gasteiger partial charge on any atom is 0.353 e. The van der Waals surface area contributed by atoms with Crippen molar-refractivity contribution in [3.05, 3.63) is 76.1 Å². The van der Waals surface area contributed by atoms with E-state index in [2.05, 4.69) is 25.3 Å². The number of carbonyl (C=O) groups is 1. The Labute approximate surface area is 162 Å². The van der Waals surface area contributed by atoms with Gasteiger partial charge in [-0.15, -0.1) is 0 Å². The minimum absolute atomic E-state index is 0.0686. The molecule has 29 heavy (non-hydrogen) atoms. The summed E-state index contributed by atoms with van der Waals surface area (Å²) >= 11 is 0. The molecule has 0 radical (unpaired) electrons. The van der Waals surface area contributed by atoms with Crippen LogP contribution in [0.25, 0.3) is 0 Å². The van der Waals surface area contributed by atoms with Crippen LogP contribution in [-0.2, 0) is 4.74 Å². The first-order valence-electron chi connectivity index (χ1n) is 8.06. The fourth-order valence-electron chi connectivity index (χ4n) is 2.39. The van der Waals surface area contributed by atoms with Crippen LogP contribution < -0.4 is 10.6 Å². The molecule has 0 aliphatic carbocycles. The average molecular weight is 401 g/mol. The number of esters is 1. The number of aromatic nitrogens is 2. The number of halogens is 2. The number of nitrogens with one attached hydrogen (secondary N) is 2. The summed E-state index contributed by atoms with van der Waals surface area (Å²) in [6, 6.07) is 8.92. The number of rotatable bonds is 6. The first kappa shape index (κ1) is 19.6. The molecule has 0 unspecified atom stereocenters. The molecule has 148 valence electrons. The topological polar surface area (TPSA) is 119 Å². The Morgan fingerprint density at radius 2 is 1.59 bits per heavy atom.